The first-order valence-corrected chi connectivity index (χ1v) is 9.22. The van der Waals surface area contributed by atoms with E-state index in [1.165, 1.54) is 16.7 Å². The van der Waals surface area contributed by atoms with Gasteiger partial charge in [0.25, 0.3) is 0 Å². The maximum absolute atomic E-state index is 5.78. The third-order valence-electron chi connectivity index (χ3n) is 3.66. The molecule has 148 valence electrons. The predicted molar refractivity (Wildman–Crippen MR) is 124 cm³/mol. The van der Waals surface area contributed by atoms with E-state index >= 15 is 0 Å². The topological polar surface area (TPSA) is 45.7 Å². The van der Waals surface area contributed by atoms with Crippen LogP contribution in [-0.2, 0) is 24.5 Å². The predicted octanol–water partition coefficient (Wildman–Crippen LogP) is 4.88. The Hall–Kier alpha value is -1.60. The highest BCUT2D eigenvalue weighted by atomic mass is 127. The fraction of sp³-hybridized carbons (Fsp3) is 0.409. The molecule has 0 unspecified atom stereocenters. The zero-order valence-corrected chi connectivity index (χ0v) is 19.1. The summed E-state index contributed by atoms with van der Waals surface area (Å²) in [4.78, 5) is 4.66. The molecule has 0 fully saturated rings. The van der Waals surface area contributed by atoms with Crippen molar-refractivity contribution in [2.24, 2.45) is 4.99 Å². The van der Waals surface area contributed by atoms with Crippen LogP contribution in [0.3, 0.4) is 0 Å². The smallest absolute Gasteiger partial charge is 0.191 e. The highest BCUT2D eigenvalue weighted by Gasteiger charge is 2.11. The summed E-state index contributed by atoms with van der Waals surface area (Å²) in [5.41, 5.74) is 3.54. The maximum atomic E-state index is 5.78. The summed E-state index contributed by atoms with van der Waals surface area (Å²) in [6.45, 7) is 11.2. The van der Waals surface area contributed by atoms with E-state index in [1.807, 2.05) is 18.2 Å². The van der Waals surface area contributed by atoms with Crippen molar-refractivity contribution in [1.29, 1.82) is 0 Å². The van der Waals surface area contributed by atoms with Crippen molar-refractivity contribution in [3.63, 3.8) is 0 Å². The summed E-state index contributed by atoms with van der Waals surface area (Å²) in [6.07, 6.45) is 0. The van der Waals surface area contributed by atoms with Crippen LogP contribution in [0.25, 0.3) is 0 Å². The molecular formula is C22H32IN3O. The number of hydrogen-bond acceptors (Lipinski definition) is 2. The fourth-order valence-electron chi connectivity index (χ4n) is 2.43. The van der Waals surface area contributed by atoms with Crippen LogP contribution in [-0.4, -0.2) is 18.0 Å². The first-order valence-electron chi connectivity index (χ1n) is 9.22. The van der Waals surface area contributed by atoms with E-state index < -0.39 is 0 Å². The molecule has 2 N–H and O–H groups in total. The Balaban J connectivity index is 0.00000364. The number of rotatable bonds is 7. The standard InChI is InChI=1S/C22H31N3O.HI/c1-5-23-21(25-22(2,3)4)24-15-18-11-13-20(14-12-18)17-26-16-19-9-7-6-8-10-19;/h6-14H,5,15-17H2,1-4H3,(H2,23,24,25);1H. The lowest BCUT2D eigenvalue weighted by Gasteiger charge is -2.23. The SMILES string of the molecule is CCNC(=NCc1ccc(COCc2ccccc2)cc1)NC(C)(C)C.I. The largest absolute Gasteiger partial charge is 0.372 e. The highest BCUT2D eigenvalue weighted by Crippen LogP contribution is 2.09. The molecule has 0 atom stereocenters. The zero-order valence-electron chi connectivity index (χ0n) is 16.8. The second-order valence-electron chi connectivity index (χ2n) is 7.37. The monoisotopic (exact) mass is 481 g/mol. The van der Waals surface area contributed by atoms with Crippen LogP contribution >= 0.6 is 24.0 Å². The Morgan fingerprint density at radius 1 is 0.889 bits per heavy atom. The minimum absolute atomic E-state index is 0. The van der Waals surface area contributed by atoms with Gasteiger partial charge in [-0.25, -0.2) is 4.99 Å². The number of halogens is 1. The third-order valence-corrected chi connectivity index (χ3v) is 3.66. The highest BCUT2D eigenvalue weighted by molar-refractivity contribution is 14.0. The average molecular weight is 481 g/mol. The van der Waals surface area contributed by atoms with Gasteiger partial charge in [0.15, 0.2) is 5.96 Å². The Labute approximate surface area is 180 Å². The van der Waals surface area contributed by atoms with E-state index in [0.29, 0.717) is 19.8 Å². The van der Waals surface area contributed by atoms with Gasteiger partial charge in [-0.2, -0.15) is 0 Å². The number of hydrogen-bond donors (Lipinski definition) is 2. The van der Waals surface area contributed by atoms with Gasteiger partial charge in [-0.1, -0.05) is 54.6 Å². The molecule has 4 nitrogen and oxygen atoms in total. The van der Waals surface area contributed by atoms with E-state index in [2.05, 4.69) is 79.7 Å². The minimum Gasteiger partial charge on any atom is -0.372 e. The number of benzene rings is 2. The number of nitrogens with zero attached hydrogens (tertiary/aromatic N) is 1. The van der Waals surface area contributed by atoms with Gasteiger partial charge < -0.3 is 15.4 Å². The Kier molecular flexibility index (Phi) is 10.4. The van der Waals surface area contributed by atoms with E-state index in [-0.39, 0.29) is 29.5 Å². The molecule has 2 aromatic carbocycles. The molecular weight excluding hydrogens is 449 g/mol. The number of nitrogens with one attached hydrogen (secondary N) is 2. The molecule has 0 aliphatic carbocycles. The molecule has 0 saturated heterocycles. The summed E-state index contributed by atoms with van der Waals surface area (Å²) in [5.74, 6) is 0.843. The Morgan fingerprint density at radius 2 is 1.44 bits per heavy atom. The van der Waals surface area contributed by atoms with Gasteiger partial charge in [-0.3, -0.25) is 0 Å². The molecule has 0 saturated carbocycles. The van der Waals surface area contributed by atoms with Gasteiger partial charge in [0.05, 0.1) is 19.8 Å². The van der Waals surface area contributed by atoms with Crippen molar-refractivity contribution < 1.29 is 4.74 Å². The molecule has 2 aromatic rings. The lowest BCUT2D eigenvalue weighted by Crippen LogP contribution is -2.47. The van der Waals surface area contributed by atoms with Crippen LogP contribution in [0.2, 0.25) is 0 Å². The molecule has 2 rings (SSSR count). The van der Waals surface area contributed by atoms with Crippen molar-refractivity contribution in [2.45, 2.75) is 53.0 Å². The molecule has 0 spiro atoms. The first kappa shape index (κ1) is 23.4. The van der Waals surface area contributed by atoms with Gasteiger partial charge in [0.2, 0.25) is 0 Å². The lowest BCUT2D eigenvalue weighted by atomic mass is 10.1. The van der Waals surface area contributed by atoms with Crippen molar-refractivity contribution in [2.75, 3.05) is 6.54 Å². The van der Waals surface area contributed by atoms with Gasteiger partial charge in [-0.05, 0) is 44.4 Å². The fourth-order valence-corrected chi connectivity index (χ4v) is 2.43. The second kappa shape index (κ2) is 12.0. The number of ether oxygens (including phenoxy) is 1. The average Bonchev–Trinajstić information content (AvgIpc) is 2.61. The summed E-state index contributed by atoms with van der Waals surface area (Å²) in [5, 5.41) is 6.68. The minimum atomic E-state index is -0.0129. The van der Waals surface area contributed by atoms with Crippen LogP contribution < -0.4 is 10.6 Å². The zero-order chi connectivity index (χ0) is 18.8. The van der Waals surface area contributed by atoms with Gasteiger partial charge in [0.1, 0.15) is 0 Å². The lowest BCUT2D eigenvalue weighted by molar-refractivity contribution is 0.107. The van der Waals surface area contributed by atoms with Crippen LogP contribution in [0.5, 0.6) is 0 Å². The summed E-state index contributed by atoms with van der Waals surface area (Å²) in [7, 11) is 0. The Bertz CT molecular complexity index is 679. The quantitative estimate of drug-likeness (QED) is 0.337. The number of aliphatic imine (C=N–C) groups is 1. The van der Waals surface area contributed by atoms with Gasteiger partial charge in [0, 0.05) is 12.1 Å². The van der Waals surface area contributed by atoms with Crippen LogP contribution in [0, 0.1) is 0 Å². The van der Waals surface area contributed by atoms with E-state index in [9.17, 15) is 0 Å². The molecule has 0 heterocycles. The first-order chi connectivity index (χ1) is 12.5. The van der Waals surface area contributed by atoms with Crippen molar-refractivity contribution in [3.05, 3.63) is 71.3 Å². The number of guanidine groups is 1. The maximum Gasteiger partial charge on any atom is 0.191 e. The van der Waals surface area contributed by atoms with E-state index in [4.69, 9.17) is 4.74 Å². The molecule has 27 heavy (non-hydrogen) atoms. The van der Waals surface area contributed by atoms with Crippen LogP contribution in [0.4, 0.5) is 0 Å². The van der Waals surface area contributed by atoms with E-state index in [1.54, 1.807) is 0 Å². The van der Waals surface area contributed by atoms with Gasteiger partial charge in [-0.15, -0.1) is 24.0 Å². The molecule has 0 aliphatic heterocycles. The third kappa shape index (κ3) is 9.77. The van der Waals surface area contributed by atoms with Crippen molar-refractivity contribution in [3.8, 4) is 0 Å². The van der Waals surface area contributed by atoms with Crippen LogP contribution in [0.15, 0.2) is 59.6 Å². The summed E-state index contributed by atoms with van der Waals surface area (Å²) in [6, 6.07) is 18.7. The second-order valence-corrected chi connectivity index (χ2v) is 7.37. The molecule has 5 heteroatoms. The van der Waals surface area contributed by atoms with Crippen LogP contribution in [0.1, 0.15) is 44.4 Å². The van der Waals surface area contributed by atoms with E-state index in [0.717, 1.165) is 12.5 Å². The molecule has 0 aliphatic rings. The summed E-state index contributed by atoms with van der Waals surface area (Å²) < 4.78 is 5.78. The van der Waals surface area contributed by atoms with Crippen molar-refractivity contribution in [1.82, 2.24) is 10.6 Å². The van der Waals surface area contributed by atoms with Crippen molar-refractivity contribution >= 4 is 29.9 Å². The molecule has 0 aromatic heterocycles. The molecule has 0 bridgehead atoms. The van der Waals surface area contributed by atoms with Gasteiger partial charge >= 0.3 is 0 Å². The molecule has 0 radical (unpaired) electrons. The summed E-state index contributed by atoms with van der Waals surface area (Å²) >= 11 is 0. The molecule has 0 amide bonds. The Morgan fingerprint density at radius 3 is 2.00 bits per heavy atom. The normalized spacial score (nSPS) is 11.6.